The number of carbonyl (C=O) groups excluding carboxylic acids is 1. The number of hydrogen-bond acceptors (Lipinski definition) is 3. The van der Waals surface area contributed by atoms with E-state index in [0.717, 1.165) is 4.68 Å². The first-order valence-corrected chi connectivity index (χ1v) is 7.74. The highest BCUT2D eigenvalue weighted by molar-refractivity contribution is 9.10. The van der Waals surface area contributed by atoms with Gasteiger partial charge in [-0.3, -0.25) is 9.48 Å². The van der Waals surface area contributed by atoms with Gasteiger partial charge >= 0.3 is 6.18 Å². The fraction of sp³-hybridized carbons (Fsp3) is 0.286. The van der Waals surface area contributed by atoms with Crippen molar-refractivity contribution in [2.75, 3.05) is 12.4 Å². The van der Waals surface area contributed by atoms with Crippen LogP contribution in [0.3, 0.4) is 0 Å². The summed E-state index contributed by atoms with van der Waals surface area (Å²) in [6.07, 6.45) is -4.61. The van der Waals surface area contributed by atoms with E-state index < -0.39 is 24.3 Å². The summed E-state index contributed by atoms with van der Waals surface area (Å²) < 4.78 is 44.4. The van der Waals surface area contributed by atoms with Gasteiger partial charge in [0.05, 0.1) is 23.0 Å². The zero-order valence-electron chi connectivity index (χ0n) is 12.5. The smallest absolute Gasteiger partial charge is 0.436 e. The van der Waals surface area contributed by atoms with Crippen molar-refractivity contribution in [1.29, 1.82) is 0 Å². The van der Waals surface area contributed by atoms with E-state index in [9.17, 15) is 18.0 Å². The number of benzene rings is 1. The predicted octanol–water partition coefficient (Wildman–Crippen LogP) is 4.27. The molecule has 0 aliphatic heterocycles. The molecule has 1 aromatic carbocycles. The number of alkyl halides is 3. The molecular weight excluding hydrogens is 415 g/mol. The highest BCUT2D eigenvalue weighted by atomic mass is 79.9. The lowest BCUT2D eigenvalue weighted by Gasteiger charge is -2.11. The van der Waals surface area contributed by atoms with Crippen molar-refractivity contribution in [2.24, 2.45) is 0 Å². The van der Waals surface area contributed by atoms with E-state index in [1.165, 1.54) is 20.1 Å². The number of methoxy groups -OCH3 is 1. The first kappa shape index (κ1) is 18.6. The molecule has 0 atom stereocenters. The maximum atomic E-state index is 12.8. The van der Waals surface area contributed by atoms with Crippen molar-refractivity contribution in [2.45, 2.75) is 19.6 Å². The van der Waals surface area contributed by atoms with Gasteiger partial charge in [0.1, 0.15) is 12.3 Å². The molecule has 2 rings (SSSR count). The second-order valence-electron chi connectivity index (χ2n) is 4.80. The van der Waals surface area contributed by atoms with Gasteiger partial charge in [-0.25, -0.2) is 0 Å². The summed E-state index contributed by atoms with van der Waals surface area (Å²) in [4.78, 5) is 12.1. The van der Waals surface area contributed by atoms with E-state index in [-0.39, 0.29) is 10.2 Å². The number of amides is 1. The number of rotatable bonds is 4. The second-order valence-corrected chi connectivity index (χ2v) is 6.03. The van der Waals surface area contributed by atoms with Crippen molar-refractivity contribution in [3.63, 3.8) is 0 Å². The number of anilines is 1. The Bertz CT molecular complexity index is 777. The number of hydrogen-bond donors (Lipinski definition) is 1. The van der Waals surface area contributed by atoms with Gasteiger partial charge < -0.3 is 10.1 Å². The molecule has 1 N–H and O–H groups in total. The maximum Gasteiger partial charge on any atom is 0.436 e. The highest BCUT2D eigenvalue weighted by Crippen LogP contribution is 2.35. The van der Waals surface area contributed by atoms with E-state index in [0.29, 0.717) is 16.5 Å². The molecule has 2 aromatic rings. The Balaban J connectivity index is 2.21. The molecule has 10 heteroatoms. The quantitative estimate of drug-likeness (QED) is 0.794. The van der Waals surface area contributed by atoms with Crippen LogP contribution in [0.15, 0.2) is 22.7 Å². The molecule has 24 heavy (non-hydrogen) atoms. The van der Waals surface area contributed by atoms with E-state index >= 15 is 0 Å². The summed E-state index contributed by atoms with van der Waals surface area (Å²) in [7, 11) is 1.42. The van der Waals surface area contributed by atoms with E-state index in [2.05, 4.69) is 26.3 Å². The van der Waals surface area contributed by atoms with Gasteiger partial charge in [0.2, 0.25) is 5.91 Å². The molecule has 0 saturated heterocycles. The molecule has 0 spiro atoms. The lowest BCUT2D eigenvalue weighted by Crippen LogP contribution is -2.21. The average Bonchev–Trinajstić information content (AvgIpc) is 2.76. The molecule has 0 unspecified atom stereocenters. The molecule has 0 radical (unpaired) electrons. The van der Waals surface area contributed by atoms with Gasteiger partial charge in [0.25, 0.3) is 0 Å². The largest absolute Gasteiger partial charge is 0.495 e. The van der Waals surface area contributed by atoms with E-state index in [1.807, 2.05) is 0 Å². The minimum atomic E-state index is -4.61. The Morgan fingerprint density at radius 1 is 1.46 bits per heavy atom. The average molecular weight is 427 g/mol. The van der Waals surface area contributed by atoms with Crippen LogP contribution in [0.25, 0.3) is 0 Å². The second kappa shape index (κ2) is 7.02. The summed E-state index contributed by atoms with van der Waals surface area (Å²) in [5, 5.41) is 6.37. The number of halogens is 5. The first-order chi connectivity index (χ1) is 11.1. The van der Waals surface area contributed by atoms with Gasteiger partial charge in [0.15, 0.2) is 5.69 Å². The normalized spacial score (nSPS) is 11.5. The lowest BCUT2D eigenvalue weighted by molar-refractivity contribution is -0.142. The number of carbonyl (C=O) groups is 1. The number of nitrogens with one attached hydrogen (secondary N) is 1. The zero-order valence-corrected chi connectivity index (χ0v) is 14.9. The number of aromatic nitrogens is 2. The Morgan fingerprint density at radius 3 is 2.67 bits per heavy atom. The van der Waals surface area contributed by atoms with Crippen LogP contribution in [-0.2, 0) is 17.5 Å². The Labute approximate surface area is 148 Å². The monoisotopic (exact) mass is 425 g/mol. The van der Waals surface area contributed by atoms with Crippen LogP contribution < -0.4 is 10.1 Å². The van der Waals surface area contributed by atoms with Crippen LogP contribution in [0.4, 0.5) is 18.9 Å². The Morgan fingerprint density at radius 2 is 2.12 bits per heavy atom. The van der Waals surface area contributed by atoms with Crippen LogP contribution in [0.2, 0.25) is 5.02 Å². The molecule has 0 aliphatic rings. The molecule has 0 saturated carbocycles. The molecule has 0 fully saturated rings. The summed E-state index contributed by atoms with van der Waals surface area (Å²) >= 11 is 8.71. The molecule has 1 heterocycles. The fourth-order valence-corrected chi connectivity index (χ4v) is 2.64. The number of ether oxygens (including phenoxy) is 1. The minimum Gasteiger partial charge on any atom is -0.495 e. The lowest BCUT2D eigenvalue weighted by atomic mass is 10.3. The van der Waals surface area contributed by atoms with Crippen LogP contribution in [0.5, 0.6) is 5.75 Å². The Kier molecular flexibility index (Phi) is 5.44. The van der Waals surface area contributed by atoms with Crippen LogP contribution in [0.1, 0.15) is 11.4 Å². The van der Waals surface area contributed by atoms with Gasteiger partial charge in [-0.1, -0.05) is 11.6 Å². The van der Waals surface area contributed by atoms with Crippen LogP contribution in [-0.4, -0.2) is 22.8 Å². The summed E-state index contributed by atoms with van der Waals surface area (Å²) in [6, 6.07) is 4.63. The van der Waals surface area contributed by atoms with Crippen LogP contribution in [0, 0.1) is 6.92 Å². The van der Waals surface area contributed by atoms with Crippen molar-refractivity contribution >= 4 is 39.1 Å². The predicted molar refractivity (Wildman–Crippen MR) is 86.3 cm³/mol. The van der Waals surface area contributed by atoms with E-state index in [1.54, 1.807) is 12.1 Å². The molecule has 1 aromatic heterocycles. The van der Waals surface area contributed by atoms with Gasteiger partial charge in [-0.05, 0) is 41.1 Å². The summed E-state index contributed by atoms with van der Waals surface area (Å²) in [5.41, 5.74) is -0.571. The Hall–Kier alpha value is -1.74. The highest BCUT2D eigenvalue weighted by Gasteiger charge is 2.38. The SMILES string of the molecule is COc1ccc(Cl)cc1NC(=O)Cn1nc(C(F)(F)F)c(Br)c1C. The third-order valence-corrected chi connectivity index (χ3v) is 4.32. The van der Waals surface area contributed by atoms with E-state index in [4.69, 9.17) is 16.3 Å². The fourth-order valence-electron chi connectivity index (χ4n) is 1.96. The molecule has 1 amide bonds. The van der Waals surface area contributed by atoms with Gasteiger partial charge in [0, 0.05) is 5.02 Å². The minimum absolute atomic E-state index is 0.190. The third kappa shape index (κ3) is 4.02. The summed E-state index contributed by atoms with van der Waals surface area (Å²) in [6.45, 7) is 1.04. The molecular formula is C14H12BrClF3N3O2. The van der Waals surface area contributed by atoms with Crippen molar-refractivity contribution in [3.05, 3.63) is 39.1 Å². The summed E-state index contributed by atoms with van der Waals surface area (Å²) in [5.74, 6) is -0.190. The van der Waals surface area contributed by atoms with Gasteiger partial charge in [-0.2, -0.15) is 18.3 Å². The van der Waals surface area contributed by atoms with Crippen molar-refractivity contribution in [1.82, 2.24) is 9.78 Å². The standard InChI is InChI=1S/C14H12BrClF3N3O2/c1-7-12(15)13(14(17,18)19)21-22(7)6-11(23)20-9-5-8(16)3-4-10(9)24-2/h3-5H,6H2,1-2H3,(H,20,23). The molecule has 130 valence electrons. The third-order valence-electron chi connectivity index (χ3n) is 3.13. The van der Waals surface area contributed by atoms with Crippen molar-refractivity contribution in [3.8, 4) is 5.75 Å². The number of nitrogens with zero attached hydrogens (tertiary/aromatic N) is 2. The molecule has 0 bridgehead atoms. The topological polar surface area (TPSA) is 56.1 Å². The van der Waals surface area contributed by atoms with Crippen LogP contribution >= 0.6 is 27.5 Å². The van der Waals surface area contributed by atoms with Gasteiger partial charge in [-0.15, -0.1) is 0 Å². The molecule has 0 aliphatic carbocycles. The zero-order chi connectivity index (χ0) is 18.1. The maximum absolute atomic E-state index is 12.8. The molecule has 5 nitrogen and oxygen atoms in total. The van der Waals surface area contributed by atoms with Crippen molar-refractivity contribution < 1.29 is 22.7 Å². The first-order valence-electron chi connectivity index (χ1n) is 6.57.